The molecule has 1 aliphatic heterocycles. The lowest BCUT2D eigenvalue weighted by atomic mass is 10.0. The number of nitrogens with one attached hydrogen (secondary N) is 1. The topological polar surface area (TPSA) is 41.6 Å². The minimum atomic E-state index is -0.00474. The van der Waals surface area contributed by atoms with Gasteiger partial charge in [0, 0.05) is 30.1 Å². The molecule has 6 heteroatoms. The van der Waals surface area contributed by atoms with Gasteiger partial charge in [-0.3, -0.25) is 4.79 Å². The minimum Gasteiger partial charge on any atom is -0.496 e. The Bertz CT molecular complexity index is 732. The van der Waals surface area contributed by atoms with Crippen LogP contribution in [0, 0.1) is 6.92 Å². The lowest BCUT2D eigenvalue weighted by Crippen LogP contribution is -2.48. The van der Waals surface area contributed by atoms with Crippen LogP contribution >= 0.6 is 23.7 Å². The maximum atomic E-state index is 13.1. The van der Waals surface area contributed by atoms with Crippen LogP contribution in [-0.2, 0) is 6.42 Å². The van der Waals surface area contributed by atoms with Crippen LogP contribution in [-0.4, -0.2) is 37.6 Å². The maximum absolute atomic E-state index is 13.1. The fraction of sp³-hybridized carbons (Fsp3) is 0.421. The molecule has 1 aromatic heterocycles. The van der Waals surface area contributed by atoms with E-state index in [1.807, 2.05) is 35.2 Å². The van der Waals surface area contributed by atoms with Crippen molar-refractivity contribution in [1.82, 2.24) is 10.2 Å². The number of ether oxygens (including phenoxy) is 1. The first kappa shape index (κ1) is 19.8. The van der Waals surface area contributed by atoms with Gasteiger partial charge in [0.1, 0.15) is 5.75 Å². The maximum Gasteiger partial charge on any atom is 0.264 e. The number of carbonyl (C=O) groups excluding carboxylic acids is 1. The minimum absolute atomic E-state index is 0. The van der Waals surface area contributed by atoms with E-state index in [1.54, 1.807) is 18.4 Å². The Labute approximate surface area is 159 Å². The van der Waals surface area contributed by atoms with Gasteiger partial charge in [0.15, 0.2) is 0 Å². The highest BCUT2D eigenvalue weighted by Gasteiger charge is 2.31. The summed E-state index contributed by atoms with van der Waals surface area (Å²) in [4.78, 5) is 17.3. The van der Waals surface area contributed by atoms with Crippen LogP contribution in [0.4, 0.5) is 0 Å². The number of hydrogen-bond acceptors (Lipinski definition) is 4. The van der Waals surface area contributed by atoms with E-state index in [0.29, 0.717) is 6.54 Å². The second-order valence-corrected chi connectivity index (χ2v) is 7.17. The number of amides is 1. The Morgan fingerprint density at radius 3 is 2.84 bits per heavy atom. The molecule has 1 saturated heterocycles. The molecule has 1 atom stereocenters. The quantitative estimate of drug-likeness (QED) is 0.876. The molecule has 1 amide bonds. The van der Waals surface area contributed by atoms with Crippen molar-refractivity contribution in [3.63, 3.8) is 0 Å². The number of piperazine rings is 1. The number of carbonyl (C=O) groups is 1. The lowest BCUT2D eigenvalue weighted by Gasteiger charge is -2.36. The van der Waals surface area contributed by atoms with Gasteiger partial charge in [-0.2, -0.15) is 0 Å². The average molecular weight is 381 g/mol. The molecule has 1 unspecified atom stereocenters. The van der Waals surface area contributed by atoms with E-state index in [0.717, 1.165) is 35.7 Å². The van der Waals surface area contributed by atoms with Gasteiger partial charge in [-0.15, -0.1) is 23.7 Å². The zero-order valence-electron chi connectivity index (χ0n) is 14.9. The summed E-state index contributed by atoms with van der Waals surface area (Å²) >= 11 is 1.63. The van der Waals surface area contributed by atoms with Crippen LogP contribution in [0.1, 0.15) is 38.6 Å². The van der Waals surface area contributed by atoms with E-state index in [2.05, 4.69) is 19.2 Å². The van der Waals surface area contributed by atoms with Crippen molar-refractivity contribution < 1.29 is 9.53 Å². The molecule has 0 saturated carbocycles. The first-order valence-corrected chi connectivity index (χ1v) is 9.21. The zero-order valence-corrected chi connectivity index (χ0v) is 16.5. The van der Waals surface area contributed by atoms with Crippen LogP contribution in [0.5, 0.6) is 5.75 Å². The summed E-state index contributed by atoms with van der Waals surface area (Å²) in [7, 11) is 1.68. The standard InChI is InChI=1S/C19H24N2O2S.ClH/c1-4-17-13(2)11-18(24-17)19(22)21-10-9-20-12-15(21)14-7-5-6-8-16(14)23-3;/h5-8,11,15,20H,4,9-10,12H2,1-3H3;1H. The third-order valence-corrected chi connectivity index (χ3v) is 5.92. The number of hydrogen-bond donors (Lipinski definition) is 1. The number of aryl methyl sites for hydroxylation is 2. The molecule has 2 heterocycles. The molecule has 4 nitrogen and oxygen atoms in total. The van der Waals surface area contributed by atoms with E-state index >= 15 is 0 Å². The molecule has 0 radical (unpaired) electrons. The lowest BCUT2D eigenvalue weighted by molar-refractivity contribution is 0.0636. The highest BCUT2D eigenvalue weighted by Crippen LogP contribution is 2.32. The number of methoxy groups -OCH3 is 1. The van der Waals surface area contributed by atoms with E-state index in [-0.39, 0.29) is 24.4 Å². The molecular formula is C19H25ClN2O2S. The summed E-state index contributed by atoms with van der Waals surface area (Å²) in [6, 6.07) is 9.99. The number of para-hydroxylation sites is 1. The number of thiophene rings is 1. The molecule has 136 valence electrons. The molecule has 1 N–H and O–H groups in total. The summed E-state index contributed by atoms with van der Waals surface area (Å²) in [5.41, 5.74) is 2.28. The highest BCUT2D eigenvalue weighted by atomic mass is 35.5. The Kier molecular flexibility index (Phi) is 6.87. The van der Waals surface area contributed by atoms with Crippen molar-refractivity contribution in [2.24, 2.45) is 0 Å². The number of benzene rings is 1. The van der Waals surface area contributed by atoms with Gasteiger partial charge in [0.25, 0.3) is 5.91 Å². The van der Waals surface area contributed by atoms with E-state index in [9.17, 15) is 4.79 Å². The van der Waals surface area contributed by atoms with Crippen molar-refractivity contribution >= 4 is 29.7 Å². The van der Waals surface area contributed by atoms with E-state index in [4.69, 9.17) is 4.74 Å². The highest BCUT2D eigenvalue weighted by molar-refractivity contribution is 7.14. The molecular weight excluding hydrogens is 356 g/mol. The Morgan fingerprint density at radius 2 is 2.16 bits per heavy atom. The van der Waals surface area contributed by atoms with Gasteiger partial charge in [-0.05, 0) is 31.0 Å². The van der Waals surface area contributed by atoms with Crippen LogP contribution in [0.2, 0.25) is 0 Å². The Balaban J connectivity index is 0.00000225. The van der Waals surface area contributed by atoms with Gasteiger partial charge >= 0.3 is 0 Å². The molecule has 0 spiro atoms. The van der Waals surface area contributed by atoms with Crippen molar-refractivity contribution in [2.45, 2.75) is 26.3 Å². The largest absolute Gasteiger partial charge is 0.496 e. The van der Waals surface area contributed by atoms with Crippen molar-refractivity contribution in [2.75, 3.05) is 26.7 Å². The van der Waals surface area contributed by atoms with Crippen LogP contribution in [0.25, 0.3) is 0 Å². The van der Waals surface area contributed by atoms with Gasteiger partial charge < -0.3 is 15.0 Å². The van der Waals surface area contributed by atoms with Gasteiger partial charge in [0.2, 0.25) is 0 Å². The van der Waals surface area contributed by atoms with Crippen molar-refractivity contribution in [3.05, 3.63) is 51.2 Å². The smallest absolute Gasteiger partial charge is 0.264 e. The van der Waals surface area contributed by atoms with Gasteiger partial charge in [0.05, 0.1) is 18.0 Å². The summed E-state index contributed by atoms with van der Waals surface area (Å²) in [5.74, 6) is 0.959. The molecule has 1 aromatic carbocycles. The van der Waals surface area contributed by atoms with Crippen molar-refractivity contribution in [1.29, 1.82) is 0 Å². The second kappa shape index (κ2) is 8.70. The number of nitrogens with zero attached hydrogens (tertiary/aromatic N) is 1. The first-order chi connectivity index (χ1) is 11.7. The van der Waals surface area contributed by atoms with E-state index in [1.165, 1.54) is 10.4 Å². The fourth-order valence-corrected chi connectivity index (χ4v) is 4.35. The Hall–Kier alpha value is -1.56. The Morgan fingerprint density at radius 1 is 1.40 bits per heavy atom. The predicted octanol–water partition coefficient (Wildman–Crippen LogP) is 3.84. The normalized spacial score (nSPS) is 17.1. The first-order valence-electron chi connectivity index (χ1n) is 8.39. The third-order valence-electron chi connectivity index (χ3n) is 4.55. The summed E-state index contributed by atoms with van der Waals surface area (Å²) in [6.45, 7) is 6.50. The molecule has 2 aromatic rings. The van der Waals surface area contributed by atoms with Crippen LogP contribution < -0.4 is 10.1 Å². The molecule has 1 aliphatic rings. The summed E-state index contributed by atoms with van der Waals surface area (Å²) in [5, 5.41) is 3.40. The van der Waals surface area contributed by atoms with E-state index < -0.39 is 0 Å². The monoisotopic (exact) mass is 380 g/mol. The molecule has 1 fully saturated rings. The summed E-state index contributed by atoms with van der Waals surface area (Å²) in [6.07, 6.45) is 0.973. The molecule has 3 rings (SSSR count). The number of halogens is 1. The van der Waals surface area contributed by atoms with Crippen LogP contribution in [0.3, 0.4) is 0 Å². The predicted molar refractivity (Wildman–Crippen MR) is 105 cm³/mol. The van der Waals surface area contributed by atoms with Crippen molar-refractivity contribution in [3.8, 4) is 5.75 Å². The fourth-order valence-electron chi connectivity index (χ4n) is 3.28. The van der Waals surface area contributed by atoms with Gasteiger partial charge in [-0.1, -0.05) is 25.1 Å². The third kappa shape index (κ3) is 4.00. The summed E-state index contributed by atoms with van der Waals surface area (Å²) < 4.78 is 5.51. The molecule has 25 heavy (non-hydrogen) atoms. The number of rotatable bonds is 4. The van der Waals surface area contributed by atoms with Crippen LogP contribution in [0.15, 0.2) is 30.3 Å². The molecule has 0 bridgehead atoms. The second-order valence-electron chi connectivity index (χ2n) is 6.03. The van der Waals surface area contributed by atoms with Gasteiger partial charge in [-0.25, -0.2) is 0 Å². The molecule has 0 aliphatic carbocycles. The zero-order chi connectivity index (χ0) is 17.1. The SMILES string of the molecule is CCc1sc(C(=O)N2CCNCC2c2ccccc2OC)cc1C.Cl. The average Bonchev–Trinajstić information content (AvgIpc) is 3.02.